The molecule has 142 valence electrons. The van der Waals surface area contributed by atoms with E-state index in [9.17, 15) is 0 Å². The van der Waals surface area contributed by atoms with Gasteiger partial charge in [-0.2, -0.15) is 0 Å². The molecule has 1 unspecified atom stereocenters. The number of allylic oxidation sites excluding steroid dienone is 3. The van der Waals surface area contributed by atoms with Gasteiger partial charge in [0.2, 0.25) is 0 Å². The van der Waals surface area contributed by atoms with Gasteiger partial charge in [0.05, 0.1) is 5.52 Å². The molecule has 4 heteroatoms. The number of benzene rings is 2. The second kappa shape index (κ2) is 8.70. The predicted octanol–water partition coefficient (Wildman–Crippen LogP) is 5.12. The van der Waals surface area contributed by atoms with Crippen molar-refractivity contribution in [2.45, 2.75) is 38.6 Å². The van der Waals surface area contributed by atoms with Crippen LogP contribution in [0.2, 0.25) is 0 Å². The summed E-state index contributed by atoms with van der Waals surface area (Å²) in [5.41, 5.74) is 5.97. The Morgan fingerprint density at radius 3 is 2.82 bits per heavy atom. The third-order valence-corrected chi connectivity index (χ3v) is 5.22. The molecule has 1 aromatic heterocycles. The first kappa shape index (κ1) is 18.2. The second-order valence-corrected chi connectivity index (χ2v) is 7.15. The van der Waals surface area contributed by atoms with Gasteiger partial charge in [-0.3, -0.25) is 0 Å². The number of aromatic nitrogens is 3. The Kier molecular flexibility index (Phi) is 5.66. The molecule has 4 rings (SSSR count). The highest BCUT2D eigenvalue weighted by molar-refractivity contribution is 5.78. The first-order valence-corrected chi connectivity index (χ1v) is 9.99. The van der Waals surface area contributed by atoms with E-state index in [1.165, 1.54) is 11.1 Å². The topological polar surface area (TPSA) is 42.7 Å². The number of hydrogen-bond acceptors (Lipinski definition) is 3. The van der Waals surface area contributed by atoms with Crippen molar-refractivity contribution in [2.24, 2.45) is 0 Å². The molecular formula is C24H26N4. The first-order chi connectivity index (χ1) is 13.8. The Bertz CT molecular complexity index is 1010. The van der Waals surface area contributed by atoms with Crippen LogP contribution in [0, 0.1) is 0 Å². The Morgan fingerprint density at radius 2 is 1.96 bits per heavy atom. The fourth-order valence-electron chi connectivity index (χ4n) is 3.54. The van der Waals surface area contributed by atoms with Gasteiger partial charge in [0.1, 0.15) is 5.52 Å². The molecule has 0 amide bonds. The quantitative estimate of drug-likeness (QED) is 0.628. The zero-order valence-corrected chi connectivity index (χ0v) is 16.3. The van der Waals surface area contributed by atoms with Crippen molar-refractivity contribution >= 4 is 16.7 Å². The zero-order chi connectivity index (χ0) is 19.2. The molecule has 1 N–H and O–H groups in total. The van der Waals surface area contributed by atoms with Crippen molar-refractivity contribution in [3.05, 3.63) is 90.2 Å². The van der Waals surface area contributed by atoms with Gasteiger partial charge < -0.3 is 5.32 Å². The molecular weight excluding hydrogens is 344 g/mol. The van der Waals surface area contributed by atoms with E-state index in [0.717, 1.165) is 42.4 Å². The predicted molar refractivity (Wildman–Crippen MR) is 116 cm³/mol. The average Bonchev–Trinajstić information content (AvgIpc) is 3.19. The number of aryl methyl sites for hydroxylation is 1. The van der Waals surface area contributed by atoms with E-state index in [2.05, 4.69) is 83.4 Å². The smallest absolute Gasteiger partial charge is 0.113 e. The molecule has 3 aromatic rings. The molecule has 1 heterocycles. The largest absolute Gasteiger partial charge is 0.384 e. The van der Waals surface area contributed by atoms with Crippen LogP contribution >= 0.6 is 0 Å². The van der Waals surface area contributed by atoms with Gasteiger partial charge in [-0.25, -0.2) is 4.68 Å². The van der Waals surface area contributed by atoms with Crippen LogP contribution in [0.5, 0.6) is 0 Å². The van der Waals surface area contributed by atoms with Gasteiger partial charge in [-0.05, 0) is 49.2 Å². The van der Waals surface area contributed by atoms with Gasteiger partial charge in [0.15, 0.2) is 0 Å². The minimum atomic E-state index is 0.265. The molecule has 0 bridgehead atoms. The normalized spacial score (nSPS) is 17.0. The summed E-state index contributed by atoms with van der Waals surface area (Å²) >= 11 is 0. The lowest BCUT2D eigenvalue weighted by atomic mass is 10.0. The van der Waals surface area contributed by atoms with Crippen molar-refractivity contribution in [3.8, 4) is 0 Å². The van der Waals surface area contributed by atoms with Crippen LogP contribution in [-0.4, -0.2) is 21.0 Å². The highest BCUT2D eigenvalue weighted by Crippen LogP contribution is 2.22. The second-order valence-electron chi connectivity index (χ2n) is 7.15. The lowest BCUT2D eigenvalue weighted by Crippen LogP contribution is -2.25. The number of hydrogen-bond donors (Lipinski definition) is 1. The Labute approximate surface area is 166 Å². The van der Waals surface area contributed by atoms with Gasteiger partial charge in [-0.1, -0.05) is 72.3 Å². The highest BCUT2D eigenvalue weighted by Gasteiger charge is 2.15. The Morgan fingerprint density at radius 1 is 1.14 bits per heavy atom. The lowest BCUT2D eigenvalue weighted by molar-refractivity contribution is 0.671. The summed E-state index contributed by atoms with van der Waals surface area (Å²) in [7, 11) is 0. The maximum atomic E-state index is 4.35. The van der Waals surface area contributed by atoms with E-state index in [-0.39, 0.29) is 6.04 Å². The SMILES string of the molecule is CC/C(=C/NC1C=CC=C(n2nnc3ccccc32)C1)CCc1ccccc1. The van der Waals surface area contributed by atoms with Gasteiger partial charge in [0.25, 0.3) is 0 Å². The first-order valence-electron chi connectivity index (χ1n) is 9.99. The molecule has 0 saturated heterocycles. The molecule has 0 saturated carbocycles. The molecule has 0 aliphatic heterocycles. The van der Waals surface area contributed by atoms with Crippen LogP contribution in [0.15, 0.2) is 84.6 Å². The standard InChI is InChI=1S/C24H26N4/c1-2-19(15-16-20-9-4-3-5-10-20)18-25-21-11-8-12-22(17-21)28-24-14-7-6-13-23(24)26-27-28/h3-14,18,21,25H,2,15-17H2,1H3/b19-18-. The maximum absolute atomic E-state index is 4.35. The van der Waals surface area contributed by atoms with Crippen LogP contribution in [-0.2, 0) is 6.42 Å². The van der Waals surface area contributed by atoms with Crippen molar-refractivity contribution in [3.63, 3.8) is 0 Å². The summed E-state index contributed by atoms with van der Waals surface area (Å²) in [4.78, 5) is 0. The summed E-state index contributed by atoms with van der Waals surface area (Å²) in [5, 5.41) is 12.2. The summed E-state index contributed by atoms with van der Waals surface area (Å²) < 4.78 is 1.95. The summed E-state index contributed by atoms with van der Waals surface area (Å²) in [6, 6.07) is 19.0. The minimum Gasteiger partial charge on any atom is -0.384 e. The van der Waals surface area contributed by atoms with E-state index in [1.807, 2.05) is 22.9 Å². The molecule has 4 nitrogen and oxygen atoms in total. The molecule has 1 aliphatic rings. The Hall–Kier alpha value is -3.14. The monoisotopic (exact) mass is 370 g/mol. The van der Waals surface area contributed by atoms with E-state index in [4.69, 9.17) is 0 Å². The summed E-state index contributed by atoms with van der Waals surface area (Å²) in [6.45, 7) is 2.22. The van der Waals surface area contributed by atoms with E-state index in [0.29, 0.717) is 0 Å². The van der Waals surface area contributed by atoms with Crippen molar-refractivity contribution in [1.29, 1.82) is 0 Å². The molecule has 0 spiro atoms. The molecule has 28 heavy (non-hydrogen) atoms. The Balaban J connectivity index is 1.39. The van der Waals surface area contributed by atoms with Crippen LogP contribution in [0.1, 0.15) is 31.7 Å². The number of fused-ring (bicyclic) bond motifs is 1. The number of rotatable bonds is 7. The van der Waals surface area contributed by atoms with Gasteiger partial charge in [0, 0.05) is 18.2 Å². The van der Waals surface area contributed by atoms with Gasteiger partial charge in [-0.15, -0.1) is 5.10 Å². The molecule has 0 fully saturated rings. The summed E-state index contributed by atoms with van der Waals surface area (Å²) in [5.74, 6) is 0. The average molecular weight is 371 g/mol. The molecule has 2 aromatic carbocycles. The number of nitrogens with one attached hydrogen (secondary N) is 1. The number of para-hydroxylation sites is 1. The van der Waals surface area contributed by atoms with Crippen molar-refractivity contribution in [1.82, 2.24) is 20.3 Å². The number of nitrogens with zero attached hydrogens (tertiary/aromatic N) is 3. The van der Waals surface area contributed by atoms with Crippen LogP contribution in [0.25, 0.3) is 16.7 Å². The summed E-state index contributed by atoms with van der Waals surface area (Å²) in [6.07, 6.45) is 12.8. The lowest BCUT2D eigenvalue weighted by Gasteiger charge is -2.20. The van der Waals surface area contributed by atoms with E-state index in [1.54, 1.807) is 0 Å². The fourth-order valence-corrected chi connectivity index (χ4v) is 3.54. The molecule has 0 radical (unpaired) electrons. The third kappa shape index (κ3) is 4.22. The highest BCUT2D eigenvalue weighted by atomic mass is 15.4. The van der Waals surface area contributed by atoms with Gasteiger partial charge >= 0.3 is 0 Å². The van der Waals surface area contributed by atoms with Crippen LogP contribution in [0.4, 0.5) is 0 Å². The fraction of sp³-hybridized carbons (Fsp3) is 0.250. The van der Waals surface area contributed by atoms with E-state index >= 15 is 0 Å². The van der Waals surface area contributed by atoms with Crippen molar-refractivity contribution in [2.75, 3.05) is 0 Å². The maximum Gasteiger partial charge on any atom is 0.113 e. The zero-order valence-electron chi connectivity index (χ0n) is 16.3. The molecule has 1 aliphatic carbocycles. The van der Waals surface area contributed by atoms with Crippen LogP contribution in [0.3, 0.4) is 0 Å². The third-order valence-electron chi connectivity index (χ3n) is 5.22. The van der Waals surface area contributed by atoms with Crippen LogP contribution < -0.4 is 5.32 Å². The van der Waals surface area contributed by atoms with Crippen molar-refractivity contribution < 1.29 is 0 Å². The minimum absolute atomic E-state index is 0.265. The van der Waals surface area contributed by atoms with E-state index < -0.39 is 0 Å². The molecule has 1 atom stereocenters.